The maximum atomic E-state index is 12.8. The molecule has 1 aliphatic rings. The first-order valence-electron chi connectivity index (χ1n) is 9.31. The first kappa shape index (κ1) is 16.8. The van der Waals surface area contributed by atoms with Crippen molar-refractivity contribution < 1.29 is 4.74 Å². The van der Waals surface area contributed by atoms with E-state index in [1.165, 1.54) is 12.8 Å². The fourth-order valence-corrected chi connectivity index (χ4v) is 3.88. The van der Waals surface area contributed by atoms with Crippen LogP contribution in [0.5, 0.6) is 5.75 Å². The van der Waals surface area contributed by atoms with Crippen molar-refractivity contribution in [1.29, 1.82) is 0 Å². The minimum absolute atomic E-state index is 0.242. The molecular formula is C19H23N5O2. The van der Waals surface area contributed by atoms with Gasteiger partial charge in [-0.05, 0) is 32.3 Å². The minimum atomic E-state index is -0.242. The topological polar surface area (TPSA) is 85.7 Å². The maximum absolute atomic E-state index is 12.8. The number of rotatable bonds is 5. The quantitative estimate of drug-likeness (QED) is 0.761. The summed E-state index contributed by atoms with van der Waals surface area (Å²) in [6.07, 6.45) is 8.59. The summed E-state index contributed by atoms with van der Waals surface area (Å²) in [7, 11) is 0. The lowest BCUT2D eigenvalue weighted by Crippen LogP contribution is -2.19. The van der Waals surface area contributed by atoms with Crippen LogP contribution in [0, 0.1) is 0 Å². The van der Waals surface area contributed by atoms with Crippen LogP contribution < -0.4 is 10.3 Å². The van der Waals surface area contributed by atoms with E-state index < -0.39 is 0 Å². The van der Waals surface area contributed by atoms with Gasteiger partial charge >= 0.3 is 0 Å². The standard InChI is InChI=1S/C19H23N5O2/c1-3-14-16-18(23-22-14)24(12-7-5-6-8-12)17(21-19(16)25)13-9-10-20-11-15(13)26-4-2/h9-12H,3-8H2,1-2H3,(H,22,23). The normalized spacial score (nSPS) is 15.0. The molecule has 3 aromatic heterocycles. The summed E-state index contributed by atoms with van der Waals surface area (Å²) in [6, 6.07) is 2.16. The highest BCUT2D eigenvalue weighted by atomic mass is 16.5. The highest BCUT2D eigenvalue weighted by molar-refractivity contribution is 5.80. The van der Waals surface area contributed by atoms with Crippen molar-refractivity contribution in [3.05, 3.63) is 34.5 Å². The Bertz CT molecular complexity index is 985. The zero-order valence-corrected chi connectivity index (χ0v) is 15.2. The molecule has 1 N–H and O–H groups in total. The summed E-state index contributed by atoms with van der Waals surface area (Å²) in [5.74, 6) is 1.27. The lowest BCUT2D eigenvalue weighted by molar-refractivity contribution is 0.339. The van der Waals surface area contributed by atoms with Gasteiger partial charge in [-0.2, -0.15) is 10.1 Å². The van der Waals surface area contributed by atoms with E-state index >= 15 is 0 Å². The number of pyridine rings is 1. The highest BCUT2D eigenvalue weighted by Gasteiger charge is 2.26. The van der Waals surface area contributed by atoms with Crippen molar-refractivity contribution in [3.8, 4) is 17.1 Å². The number of aryl methyl sites for hydroxylation is 1. The van der Waals surface area contributed by atoms with Gasteiger partial charge in [-0.15, -0.1) is 0 Å². The molecule has 0 bridgehead atoms. The van der Waals surface area contributed by atoms with Gasteiger partial charge in [0.2, 0.25) is 0 Å². The summed E-state index contributed by atoms with van der Waals surface area (Å²) in [5.41, 5.74) is 2.09. The molecule has 4 rings (SSSR count). The van der Waals surface area contributed by atoms with Crippen LogP contribution in [0.4, 0.5) is 0 Å². The van der Waals surface area contributed by atoms with E-state index in [4.69, 9.17) is 4.74 Å². The molecule has 1 saturated carbocycles. The van der Waals surface area contributed by atoms with E-state index in [0.717, 1.165) is 29.7 Å². The van der Waals surface area contributed by atoms with Crippen LogP contribution in [0.15, 0.2) is 23.3 Å². The zero-order chi connectivity index (χ0) is 18.1. The first-order valence-corrected chi connectivity index (χ1v) is 9.31. The van der Waals surface area contributed by atoms with E-state index in [2.05, 4.69) is 24.7 Å². The SMILES string of the molecule is CCOc1cnccc1-c1nc(=O)c2c(CC)n[nH]c2n1C1CCCC1. The Balaban J connectivity index is 2.03. The summed E-state index contributed by atoms with van der Waals surface area (Å²) < 4.78 is 7.90. The highest BCUT2D eigenvalue weighted by Crippen LogP contribution is 2.37. The van der Waals surface area contributed by atoms with Gasteiger partial charge in [-0.1, -0.05) is 19.8 Å². The molecule has 0 amide bonds. The number of hydrogen-bond acceptors (Lipinski definition) is 5. The Hall–Kier alpha value is -2.70. The molecule has 1 fully saturated rings. The Morgan fingerprint density at radius 2 is 2.12 bits per heavy atom. The first-order chi connectivity index (χ1) is 12.7. The largest absolute Gasteiger partial charge is 0.491 e. The third kappa shape index (κ3) is 2.67. The van der Waals surface area contributed by atoms with E-state index in [-0.39, 0.29) is 5.56 Å². The molecule has 0 aromatic carbocycles. The van der Waals surface area contributed by atoms with E-state index in [9.17, 15) is 4.79 Å². The van der Waals surface area contributed by atoms with Gasteiger partial charge in [0, 0.05) is 12.2 Å². The lowest BCUT2D eigenvalue weighted by atomic mass is 10.1. The van der Waals surface area contributed by atoms with Gasteiger partial charge in [0.25, 0.3) is 5.56 Å². The number of nitrogens with one attached hydrogen (secondary N) is 1. The molecule has 7 nitrogen and oxygen atoms in total. The van der Waals surface area contributed by atoms with Crippen LogP contribution in [-0.4, -0.2) is 31.3 Å². The molecule has 3 aromatic rings. The fourth-order valence-electron chi connectivity index (χ4n) is 3.88. The van der Waals surface area contributed by atoms with Crippen molar-refractivity contribution >= 4 is 11.0 Å². The molecule has 3 heterocycles. The summed E-state index contributed by atoms with van der Waals surface area (Å²) >= 11 is 0. The Morgan fingerprint density at radius 1 is 1.31 bits per heavy atom. The van der Waals surface area contributed by atoms with Gasteiger partial charge < -0.3 is 9.30 Å². The predicted molar refractivity (Wildman–Crippen MR) is 99.4 cm³/mol. The van der Waals surface area contributed by atoms with Crippen LogP contribution in [0.1, 0.15) is 51.3 Å². The van der Waals surface area contributed by atoms with Gasteiger partial charge in [-0.3, -0.25) is 14.9 Å². The van der Waals surface area contributed by atoms with Crippen molar-refractivity contribution in [2.75, 3.05) is 6.61 Å². The number of nitrogens with zero attached hydrogens (tertiary/aromatic N) is 4. The van der Waals surface area contributed by atoms with Crippen molar-refractivity contribution in [1.82, 2.24) is 24.7 Å². The van der Waals surface area contributed by atoms with E-state index in [0.29, 0.717) is 36.0 Å². The molecular weight excluding hydrogens is 330 g/mol. The number of aromatic amines is 1. The summed E-state index contributed by atoms with van der Waals surface area (Å²) in [6.45, 7) is 4.46. The zero-order valence-electron chi connectivity index (χ0n) is 15.2. The molecule has 0 spiro atoms. The molecule has 0 radical (unpaired) electrons. The molecule has 0 unspecified atom stereocenters. The predicted octanol–water partition coefficient (Wildman–Crippen LogP) is 3.26. The second-order valence-electron chi connectivity index (χ2n) is 6.60. The lowest BCUT2D eigenvalue weighted by Gasteiger charge is -2.21. The number of hydrogen-bond donors (Lipinski definition) is 1. The summed E-state index contributed by atoms with van der Waals surface area (Å²) in [5, 5.41) is 8.08. The van der Waals surface area contributed by atoms with Gasteiger partial charge in [-0.25, -0.2) is 0 Å². The third-order valence-corrected chi connectivity index (χ3v) is 5.06. The number of H-pyrrole nitrogens is 1. The average Bonchev–Trinajstić information content (AvgIpc) is 3.32. The molecule has 1 aliphatic carbocycles. The molecule has 26 heavy (non-hydrogen) atoms. The maximum Gasteiger partial charge on any atom is 0.284 e. The average molecular weight is 353 g/mol. The second-order valence-corrected chi connectivity index (χ2v) is 6.60. The van der Waals surface area contributed by atoms with Crippen molar-refractivity contribution in [2.24, 2.45) is 0 Å². The number of ether oxygens (including phenoxy) is 1. The number of aromatic nitrogens is 5. The van der Waals surface area contributed by atoms with Crippen LogP contribution in [-0.2, 0) is 6.42 Å². The Labute approximate surface area is 151 Å². The molecule has 0 saturated heterocycles. The Morgan fingerprint density at radius 3 is 2.85 bits per heavy atom. The monoisotopic (exact) mass is 353 g/mol. The summed E-state index contributed by atoms with van der Waals surface area (Å²) in [4.78, 5) is 21.4. The van der Waals surface area contributed by atoms with E-state index in [1.54, 1.807) is 12.4 Å². The fraction of sp³-hybridized carbons (Fsp3) is 0.474. The Kier molecular flexibility index (Phi) is 4.44. The van der Waals surface area contributed by atoms with Crippen molar-refractivity contribution in [2.45, 2.75) is 52.0 Å². The van der Waals surface area contributed by atoms with Gasteiger partial charge in [0.1, 0.15) is 22.6 Å². The van der Waals surface area contributed by atoms with Crippen LogP contribution >= 0.6 is 0 Å². The second kappa shape index (κ2) is 6.90. The van der Waals surface area contributed by atoms with Crippen LogP contribution in [0.2, 0.25) is 0 Å². The smallest absolute Gasteiger partial charge is 0.284 e. The van der Waals surface area contributed by atoms with Crippen LogP contribution in [0.25, 0.3) is 22.4 Å². The van der Waals surface area contributed by atoms with Crippen molar-refractivity contribution in [3.63, 3.8) is 0 Å². The third-order valence-electron chi connectivity index (χ3n) is 5.06. The molecule has 136 valence electrons. The van der Waals surface area contributed by atoms with E-state index in [1.807, 2.05) is 19.9 Å². The van der Waals surface area contributed by atoms with Crippen LogP contribution in [0.3, 0.4) is 0 Å². The van der Waals surface area contributed by atoms with Gasteiger partial charge in [0.15, 0.2) is 0 Å². The molecule has 0 atom stereocenters. The number of fused-ring (bicyclic) bond motifs is 1. The molecule has 0 aliphatic heterocycles. The van der Waals surface area contributed by atoms with Gasteiger partial charge in [0.05, 0.1) is 24.1 Å². The minimum Gasteiger partial charge on any atom is -0.491 e. The molecule has 7 heteroatoms.